The molecule has 7 heteroatoms. The van der Waals surface area contributed by atoms with Crippen LogP contribution in [0.4, 0.5) is 4.79 Å². The molecule has 3 aliphatic rings. The zero-order valence-corrected chi connectivity index (χ0v) is 17.9. The highest BCUT2D eigenvalue weighted by Gasteiger charge is 2.72. The molecule has 0 aromatic carbocycles. The number of rotatable bonds is 7. The summed E-state index contributed by atoms with van der Waals surface area (Å²) in [6, 6.07) is 0. The maximum atomic E-state index is 12.2. The minimum Gasteiger partial charge on any atom is -0.443 e. The number of ether oxygens (including phenoxy) is 4. The molecular formula is C21H35NO6. The maximum Gasteiger partial charge on any atom is 0.407 e. The van der Waals surface area contributed by atoms with Gasteiger partial charge in [0.15, 0.2) is 0 Å². The average Bonchev–Trinajstić information content (AvgIpc) is 3.50. The van der Waals surface area contributed by atoms with Crippen molar-refractivity contribution >= 4 is 6.09 Å². The molecule has 160 valence electrons. The molecule has 0 radical (unpaired) electrons. The summed E-state index contributed by atoms with van der Waals surface area (Å²) >= 11 is 0. The summed E-state index contributed by atoms with van der Waals surface area (Å²) in [5, 5.41) is 12.4. The van der Waals surface area contributed by atoms with E-state index >= 15 is 0 Å². The van der Waals surface area contributed by atoms with E-state index in [2.05, 4.69) is 38.2 Å². The molecule has 3 fully saturated rings. The lowest BCUT2D eigenvalue weighted by Gasteiger charge is -2.42. The van der Waals surface area contributed by atoms with Crippen molar-refractivity contribution < 1.29 is 28.8 Å². The van der Waals surface area contributed by atoms with Gasteiger partial charge in [-0.25, -0.2) is 4.79 Å². The minimum absolute atomic E-state index is 0.0152. The van der Waals surface area contributed by atoms with Crippen molar-refractivity contribution in [1.82, 2.24) is 5.32 Å². The first kappa shape index (κ1) is 21.6. The van der Waals surface area contributed by atoms with Gasteiger partial charge in [0, 0.05) is 13.7 Å². The summed E-state index contributed by atoms with van der Waals surface area (Å²) in [6.07, 6.45) is 4.52. The largest absolute Gasteiger partial charge is 0.443 e. The number of allylic oxidation sites excluding steroid dienone is 1. The van der Waals surface area contributed by atoms with E-state index in [1.807, 2.05) is 0 Å². The number of hydrogen-bond donors (Lipinski definition) is 2. The lowest BCUT2D eigenvalue weighted by molar-refractivity contribution is -0.118. The van der Waals surface area contributed by atoms with Crippen LogP contribution in [0.3, 0.4) is 0 Å². The van der Waals surface area contributed by atoms with Crippen LogP contribution in [-0.4, -0.2) is 66.6 Å². The predicted molar refractivity (Wildman–Crippen MR) is 104 cm³/mol. The van der Waals surface area contributed by atoms with Crippen LogP contribution < -0.4 is 5.32 Å². The normalized spacial score (nSPS) is 40.1. The lowest BCUT2D eigenvalue weighted by atomic mass is 9.68. The standard InChI is InChI=1S/C21H35NO6/c1-13(2)7-8-15-20(5,28-15)17-16(25-6)14(9-10-21(17)12-26-21)27-18(23)22-11-19(3,4)24/h7-8,13-17,24H,9-12H2,1-6H3,(H,22,23). The number of epoxide rings is 2. The summed E-state index contributed by atoms with van der Waals surface area (Å²) in [6.45, 7) is 10.4. The van der Waals surface area contributed by atoms with Gasteiger partial charge in [-0.2, -0.15) is 0 Å². The number of methoxy groups -OCH3 is 1. The number of carbonyl (C=O) groups is 1. The quantitative estimate of drug-likeness (QED) is 0.506. The number of carbonyl (C=O) groups excluding carboxylic acids is 1. The van der Waals surface area contributed by atoms with Gasteiger partial charge in [-0.1, -0.05) is 26.0 Å². The molecule has 2 saturated heterocycles. The number of alkyl carbamates (subject to hydrolysis) is 1. The second-order valence-electron chi connectivity index (χ2n) is 9.53. The third-order valence-electron chi connectivity index (χ3n) is 6.00. The Hall–Kier alpha value is -1.15. The van der Waals surface area contributed by atoms with E-state index in [1.165, 1.54) is 0 Å². The summed E-state index contributed by atoms with van der Waals surface area (Å²) in [5.74, 6) is 0.437. The summed E-state index contributed by atoms with van der Waals surface area (Å²) in [7, 11) is 1.65. The van der Waals surface area contributed by atoms with Gasteiger partial charge >= 0.3 is 6.09 Å². The minimum atomic E-state index is -0.994. The van der Waals surface area contributed by atoms with Crippen LogP contribution in [0.1, 0.15) is 47.5 Å². The van der Waals surface area contributed by atoms with Crippen LogP contribution in [-0.2, 0) is 18.9 Å². The molecule has 28 heavy (non-hydrogen) atoms. The molecule has 1 aliphatic carbocycles. The molecule has 0 bridgehead atoms. The molecule has 1 amide bonds. The van der Waals surface area contributed by atoms with Crippen LogP contribution in [0.25, 0.3) is 0 Å². The first-order chi connectivity index (χ1) is 13.0. The Morgan fingerprint density at radius 1 is 1.43 bits per heavy atom. The van der Waals surface area contributed by atoms with Gasteiger partial charge < -0.3 is 29.4 Å². The molecule has 1 saturated carbocycles. The van der Waals surface area contributed by atoms with Gasteiger partial charge in [-0.3, -0.25) is 0 Å². The van der Waals surface area contributed by atoms with Gasteiger partial charge in [0.05, 0.1) is 18.1 Å². The lowest BCUT2D eigenvalue weighted by Crippen LogP contribution is -2.56. The van der Waals surface area contributed by atoms with Crippen LogP contribution in [0.5, 0.6) is 0 Å². The zero-order chi connectivity index (χ0) is 20.7. The van der Waals surface area contributed by atoms with Crippen molar-refractivity contribution in [3.8, 4) is 0 Å². The summed E-state index contributed by atoms with van der Waals surface area (Å²) < 4.78 is 23.5. The molecule has 2 N–H and O–H groups in total. The van der Waals surface area contributed by atoms with E-state index in [-0.39, 0.29) is 36.4 Å². The molecule has 2 aliphatic heterocycles. The third-order valence-corrected chi connectivity index (χ3v) is 6.00. The van der Waals surface area contributed by atoms with Crippen LogP contribution >= 0.6 is 0 Å². The zero-order valence-electron chi connectivity index (χ0n) is 17.9. The van der Waals surface area contributed by atoms with Crippen molar-refractivity contribution in [3.63, 3.8) is 0 Å². The fourth-order valence-electron chi connectivity index (χ4n) is 4.41. The van der Waals surface area contributed by atoms with Crippen molar-refractivity contribution in [1.29, 1.82) is 0 Å². The van der Waals surface area contributed by atoms with Crippen LogP contribution in [0.15, 0.2) is 12.2 Å². The molecule has 0 aromatic heterocycles. The molecular weight excluding hydrogens is 362 g/mol. The van der Waals surface area contributed by atoms with Gasteiger partial charge in [0.2, 0.25) is 0 Å². The fraction of sp³-hybridized carbons (Fsp3) is 0.857. The van der Waals surface area contributed by atoms with Crippen LogP contribution in [0, 0.1) is 11.8 Å². The molecule has 2 heterocycles. The topological polar surface area (TPSA) is 92.9 Å². The second-order valence-corrected chi connectivity index (χ2v) is 9.53. The Kier molecular flexibility index (Phi) is 5.85. The molecule has 6 unspecified atom stereocenters. The molecule has 1 spiro atoms. The van der Waals surface area contributed by atoms with Gasteiger partial charge in [-0.15, -0.1) is 0 Å². The number of hydrogen-bond acceptors (Lipinski definition) is 6. The average molecular weight is 398 g/mol. The Morgan fingerprint density at radius 3 is 2.64 bits per heavy atom. The number of amides is 1. The second kappa shape index (κ2) is 7.59. The van der Waals surface area contributed by atoms with E-state index in [1.54, 1.807) is 21.0 Å². The maximum absolute atomic E-state index is 12.2. The molecule has 0 aromatic rings. The smallest absolute Gasteiger partial charge is 0.407 e. The fourth-order valence-corrected chi connectivity index (χ4v) is 4.41. The highest BCUT2D eigenvalue weighted by Crippen LogP contribution is 2.59. The molecule has 3 rings (SSSR count). The first-order valence-corrected chi connectivity index (χ1v) is 10.2. The van der Waals surface area contributed by atoms with Crippen LogP contribution in [0.2, 0.25) is 0 Å². The monoisotopic (exact) mass is 397 g/mol. The van der Waals surface area contributed by atoms with Gasteiger partial charge in [-0.05, 0) is 39.5 Å². The first-order valence-electron chi connectivity index (χ1n) is 10.2. The van der Waals surface area contributed by atoms with Crippen molar-refractivity contribution in [3.05, 3.63) is 12.2 Å². The highest BCUT2D eigenvalue weighted by molar-refractivity contribution is 5.67. The number of aliphatic hydroxyl groups is 1. The Balaban J connectivity index is 1.70. The van der Waals surface area contributed by atoms with E-state index < -0.39 is 17.3 Å². The third kappa shape index (κ3) is 4.53. The van der Waals surface area contributed by atoms with E-state index in [0.29, 0.717) is 18.9 Å². The number of nitrogens with one attached hydrogen (secondary N) is 1. The summed E-state index contributed by atoms with van der Waals surface area (Å²) in [5.41, 5.74) is -1.64. The Labute approximate surface area is 167 Å². The molecule has 7 nitrogen and oxygen atoms in total. The predicted octanol–water partition coefficient (Wildman–Crippen LogP) is 2.42. The van der Waals surface area contributed by atoms with E-state index in [9.17, 15) is 9.90 Å². The summed E-state index contributed by atoms with van der Waals surface area (Å²) in [4.78, 5) is 12.2. The highest BCUT2D eigenvalue weighted by atomic mass is 16.6. The Bertz CT molecular complexity index is 609. The van der Waals surface area contributed by atoms with Crippen molar-refractivity contribution in [2.75, 3.05) is 20.3 Å². The molecule has 6 atom stereocenters. The van der Waals surface area contributed by atoms with Gasteiger partial charge in [0.1, 0.15) is 29.5 Å². The van der Waals surface area contributed by atoms with Crippen molar-refractivity contribution in [2.24, 2.45) is 11.8 Å². The Morgan fingerprint density at radius 2 is 2.11 bits per heavy atom. The van der Waals surface area contributed by atoms with Gasteiger partial charge in [0.25, 0.3) is 0 Å². The SMILES string of the molecule is COC1C(OC(=O)NCC(C)(C)O)CCC2(CO2)C1C1(C)OC1C=CC(C)C. The van der Waals surface area contributed by atoms with E-state index in [0.717, 1.165) is 6.42 Å². The van der Waals surface area contributed by atoms with Crippen molar-refractivity contribution in [2.45, 2.75) is 82.6 Å². The van der Waals surface area contributed by atoms with E-state index in [4.69, 9.17) is 18.9 Å².